The molecule has 3 N–H and O–H groups in total. The molecule has 2 aromatic carbocycles. The van der Waals surface area contributed by atoms with E-state index in [0.29, 0.717) is 42.7 Å². The Morgan fingerprint density at radius 1 is 0.968 bits per heavy atom. The number of hydrogen-bond acceptors (Lipinski definition) is 4. The van der Waals surface area contributed by atoms with Crippen LogP contribution in [0.5, 0.6) is 11.5 Å². The van der Waals surface area contributed by atoms with Crippen molar-refractivity contribution in [3.05, 3.63) is 59.7 Å². The van der Waals surface area contributed by atoms with E-state index in [1.807, 2.05) is 69.3 Å². The molecule has 0 spiro atoms. The smallest absolute Gasteiger partial charge is 0.251 e. The summed E-state index contributed by atoms with van der Waals surface area (Å²) in [6.45, 7) is 8.37. The van der Waals surface area contributed by atoms with E-state index < -0.39 is 0 Å². The predicted molar refractivity (Wildman–Crippen MR) is 136 cm³/mol. The van der Waals surface area contributed by atoms with Crippen LogP contribution in [-0.4, -0.2) is 44.7 Å². The molecule has 0 bridgehead atoms. The maximum atomic E-state index is 11.8. The number of nitrogens with one attached hydrogen (secondary N) is 3. The first-order valence-corrected chi connectivity index (χ1v) is 10.3. The number of hydrogen-bond donors (Lipinski definition) is 3. The highest BCUT2D eigenvalue weighted by atomic mass is 127. The number of carbonyl (C=O) groups excluding carboxylic acids is 1. The van der Waals surface area contributed by atoms with E-state index in [1.54, 1.807) is 7.11 Å². The van der Waals surface area contributed by atoms with Gasteiger partial charge in [0.05, 0.1) is 20.2 Å². The highest BCUT2D eigenvalue weighted by molar-refractivity contribution is 14.0. The maximum Gasteiger partial charge on any atom is 0.251 e. The van der Waals surface area contributed by atoms with Gasteiger partial charge in [0.1, 0.15) is 6.10 Å². The second kappa shape index (κ2) is 14.5. The molecule has 0 saturated heterocycles. The molecule has 1 unspecified atom stereocenters. The average Bonchev–Trinajstić information content (AvgIpc) is 2.76. The number of aliphatic imine (C=N–C) groups is 1. The van der Waals surface area contributed by atoms with Gasteiger partial charge in [0.25, 0.3) is 5.91 Å². The molecule has 0 aliphatic rings. The lowest BCUT2D eigenvalue weighted by molar-refractivity contribution is 0.0956. The summed E-state index contributed by atoms with van der Waals surface area (Å²) in [4.78, 5) is 16.5. The first kappa shape index (κ1) is 26.5. The van der Waals surface area contributed by atoms with Crippen LogP contribution >= 0.6 is 24.0 Å². The van der Waals surface area contributed by atoms with Gasteiger partial charge in [-0.25, -0.2) is 4.99 Å². The Labute approximate surface area is 202 Å². The molecule has 2 aromatic rings. The Kier molecular flexibility index (Phi) is 12.4. The molecule has 0 aliphatic heterocycles. The molecule has 0 aliphatic carbocycles. The zero-order valence-electron chi connectivity index (χ0n) is 18.6. The van der Waals surface area contributed by atoms with E-state index in [0.717, 1.165) is 12.1 Å². The van der Waals surface area contributed by atoms with Gasteiger partial charge in [0.2, 0.25) is 0 Å². The fraction of sp³-hybridized carbons (Fsp3) is 0.391. The van der Waals surface area contributed by atoms with Crippen molar-refractivity contribution in [1.29, 1.82) is 0 Å². The van der Waals surface area contributed by atoms with Crippen LogP contribution in [0.3, 0.4) is 0 Å². The lowest BCUT2D eigenvalue weighted by Crippen LogP contribution is -2.41. The molecule has 7 nitrogen and oxygen atoms in total. The van der Waals surface area contributed by atoms with Crippen molar-refractivity contribution in [3.63, 3.8) is 0 Å². The lowest BCUT2D eigenvalue weighted by atomic mass is 10.1. The van der Waals surface area contributed by atoms with Crippen molar-refractivity contribution in [2.24, 2.45) is 4.99 Å². The lowest BCUT2D eigenvalue weighted by Gasteiger charge is -2.19. The summed E-state index contributed by atoms with van der Waals surface area (Å²) in [5.74, 6) is 2.07. The van der Waals surface area contributed by atoms with Crippen molar-refractivity contribution in [1.82, 2.24) is 16.0 Å². The fourth-order valence-corrected chi connectivity index (χ4v) is 2.75. The monoisotopic (exact) mass is 540 g/mol. The molecule has 31 heavy (non-hydrogen) atoms. The van der Waals surface area contributed by atoms with Crippen LogP contribution in [-0.2, 0) is 6.54 Å². The zero-order valence-corrected chi connectivity index (χ0v) is 20.9. The summed E-state index contributed by atoms with van der Waals surface area (Å²) >= 11 is 0. The fourth-order valence-electron chi connectivity index (χ4n) is 2.75. The van der Waals surface area contributed by atoms with E-state index in [-0.39, 0.29) is 36.0 Å². The van der Waals surface area contributed by atoms with Gasteiger partial charge in [-0.1, -0.05) is 24.3 Å². The number of rotatable bonds is 10. The number of benzene rings is 2. The largest absolute Gasteiger partial charge is 0.493 e. The van der Waals surface area contributed by atoms with Gasteiger partial charge in [-0.3, -0.25) is 4.79 Å². The van der Waals surface area contributed by atoms with E-state index in [4.69, 9.17) is 9.47 Å². The summed E-state index contributed by atoms with van der Waals surface area (Å²) in [6, 6.07) is 15.1. The summed E-state index contributed by atoms with van der Waals surface area (Å²) in [7, 11) is 1.63. The predicted octanol–water partition coefficient (Wildman–Crippen LogP) is 3.59. The van der Waals surface area contributed by atoms with Gasteiger partial charge in [0.15, 0.2) is 17.5 Å². The van der Waals surface area contributed by atoms with E-state index in [2.05, 4.69) is 20.9 Å². The van der Waals surface area contributed by atoms with Crippen molar-refractivity contribution >= 4 is 35.8 Å². The molecule has 0 radical (unpaired) electrons. The summed E-state index contributed by atoms with van der Waals surface area (Å²) in [6.07, 6.45) is -0.0819. The zero-order chi connectivity index (χ0) is 21.8. The Morgan fingerprint density at radius 2 is 1.61 bits per heavy atom. The average molecular weight is 540 g/mol. The minimum absolute atomic E-state index is 0. The minimum Gasteiger partial charge on any atom is -0.493 e. The van der Waals surface area contributed by atoms with Crippen LogP contribution in [0.15, 0.2) is 53.5 Å². The van der Waals surface area contributed by atoms with E-state index >= 15 is 0 Å². The molecule has 0 heterocycles. The quantitative estimate of drug-likeness (QED) is 0.244. The highest BCUT2D eigenvalue weighted by Gasteiger charge is 2.09. The first-order chi connectivity index (χ1) is 14.6. The normalized spacial score (nSPS) is 11.7. The Bertz CT molecular complexity index is 828. The van der Waals surface area contributed by atoms with Crippen LogP contribution in [0.25, 0.3) is 0 Å². The van der Waals surface area contributed by atoms with Gasteiger partial charge >= 0.3 is 0 Å². The molecule has 8 heteroatoms. The van der Waals surface area contributed by atoms with Crippen LogP contribution in [0.4, 0.5) is 0 Å². The first-order valence-electron chi connectivity index (χ1n) is 10.3. The minimum atomic E-state index is -0.0819. The van der Waals surface area contributed by atoms with Crippen LogP contribution in [0.2, 0.25) is 0 Å². The molecular formula is C23H33IN4O3. The Balaban J connectivity index is 0.00000480. The Morgan fingerprint density at radius 3 is 2.23 bits per heavy atom. The van der Waals surface area contributed by atoms with Crippen LogP contribution in [0, 0.1) is 0 Å². The maximum absolute atomic E-state index is 11.8. The standard InChI is InChI=1S/C23H32N4O3.HI/c1-5-24-22(28)19-13-11-18(12-14-19)16-27-23(25-6-2)26-15-17(3)30-21-10-8-7-9-20(21)29-4;/h7-14,17H,5-6,15-16H2,1-4H3,(H,24,28)(H2,25,26,27);1H. The van der Waals surface area contributed by atoms with Gasteiger partial charge in [-0.2, -0.15) is 0 Å². The number of ether oxygens (including phenoxy) is 2. The van der Waals surface area contributed by atoms with E-state index in [9.17, 15) is 4.79 Å². The molecule has 2 rings (SSSR count). The molecule has 1 amide bonds. The van der Waals surface area contributed by atoms with Crippen molar-refractivity contribution in [3.8, 4) is 11.5 Å². The Hall–Kier alpha value is -2.49. The number of halogens is 1. The second-order valence-corrected chi connectivity index (χ2v) is 6.71. The third-order valence-electron chi connectivity index (χ3n) is 4.27. The van der Waals surface area contributed by atoms with Gasteiger partial charge in [0, 0.05) is 18.7 Å². The van der Waals surface area contributed by atoms with Gasteiger partial charge in [-0.05, 0) is 50.6 Å². The third-order valence-corrected chi connectivity index (χ3v) is 4.27. The highest BCUT2D eigenvalue weighted by Crippen LogP contribution is 2.26. The summed E-state index contributed by atoms with van der Waals surface area (Å²) in [5, 5.41) is 9.33. The molecule has 1 atom stereocenters. The number of para-hydroxylation sites is 2. The van der Waals surface area contributed by atoms with Crippen molar-refractivity contribution < 1.29 is 14.3 Å². The number of guanidine groups is 1. The van der Waals surface area contributed by atoms with Crippen LogP contribution < -0.4 is 25.4 Å². The van der Waals surface area contributed by atoms with Crippen molar-refractivity contribution in [2.45, 2.75) is 33.4 Å². The molecule has 0 saturated carbocycles. The van der Waals surface area contributed by atoms with Crippen molar-refractivity contribution in [2.75, 3.05) is 26.7 Å². The number of carbonyl (C=O) groups is 1. The number of nitrogens with zero attached hydrogens (tertiary/aromatic N) is 1. The number of amides is 1. The summed E-state index contributed by atoms with van der Waals surface area (Å²) in [5.41, 5.74) is 1.68. The molecule has 0 fully saturated rings. The van der Waals surface area contributed by atoms with Gasteiger partial charge < -0.3 is 25.4 Å². The van der Waals surface area contributed by atoms with Gasteiger partial charge in [-0.15, -0.1) is 24.0 Å². The molecule has 0 aromatic heterocycles. The topological polar surface area (TPSA) is 84.0 Å². The van der Waals surface area contributed by atoms with Crippen LogP contribution in [0.1, 0.15) is 36.7 Å². The second-order valence-electron chi connectivity index (χ2n) is 6.71. The number of methoxy groups -OCH3 is 1. The molecular weight excluding hydrogens is 507 g/mol. The third kappa shape index (κ3) is 9.04. The summed E-state index contributed by atoms with van der Waals surface area (Å²) < 4.78 is 11.3. The molecule has 170 valence electrons. The SMILES string of the molecule is CCNC(=O)c1ccc(CN=C(NCC)NCC(C)Oc2ccccc2OC)cc1.I. The van der Waals surface area contributed by atoms with E-state index in [1.165, 1.54) is 0 Å².